The molecule has 0 saturated carbocycles. The second-order valence-corrected chi connectivity index (χ2v) is 4.23. The zero-order valence-corrected chi connectivity index (χ0v) is 8.79. The third-order valence-electron chi connectivity index (χ3n) is 2.94. The van der Waals surface area contributed by atoms with Gasteiger partial charge < -0.3 is 14.2 Å². The van der Waals surface area contributed by atoms with Crippen LogP contribution in [-0.4, -0.2) is 19.8 Å². The van der Waals surface area contributed by atoms with E-state index in [-0.39, 0.29) is 5.60 Å². The van der Waals surface area contributed by atoms with Gasteiger partial charge in [0, 0.05) is 6.42 Å². The predicted molar refractivity (Wildman–Crippen MR) is 55.4 cm³/mol. The Morgan fingerprint density at radius 3 is 2.60 bits per heavy atom. The van der Waals surface area contributed by atoms with Crippen LogP contribution in [0, 0.1) is 0 Å². The number of fused-ring (bicyclic) bond motifs is 1. The SMILES string of the molecule is CC1(c2ccc3c(c2)OCCCO3)CO1. The first-order valence-electron chi connectivity index (χ1n) is 5.32. The topological polar surface area (TPSA) is 31.0 Å². The molecule has 3 heteroatoms. The summed E-state index contributed by atoms with van der Waals surface area (Å²) in [6, 6.07) is 6.07. The zero-order chi connectivity index (χ0) is 10.3. The molecule has 0 spiro atoms. The van der Waals surface area contributed by atoms with E-state index in [0.717, 1.165) is 37.7 Å². The Morgan fingerprint density at radius 2 is 1.87 bits per heavy atom. The van der Waals surface area contributed by atoms with E-state index in [1.165, 1.54) is 5.56 Å². The summed E-state index contributed by atoms with van der Waals surface area (Å²) in [5.41, 5.74) is 1.08. The van der Waals surface area contributed by atoms with Crippen LogP contribution in [0.25, 0.3) is 0 Å². The van der Waals surface area contributed by atoms with Gasteiger partial charge >= 0.3 is 0 Å². The molecule has 80 valence electrons. The Hall–Kier alpha value is -1.22. The number of epoxide rings is 1. The minimum atomic E-state index is -0.0926. The molecule has 0 amide bonds. The van der Waals surface area contributed by atoms with E-state index in [1.807, 2.05) is 12.1 Å². The van der Waals surface area contributed by atoms with Crippen LogP contribution in [0.1, 0.15) is 18.9 Å². The summed E-state index contributed by atoms with van der Waals surface area (Å²) in [6.45, 7) is 4.35. The highest BCUT2D eigenvalue weighted by Gasteiger charge is 2.41. The Balaban J connectivity index is 1.97. The molecule has 3 rings (SSSR count). The van der Waals surface area contributed by atoms with Crippen LogP contribution in [-0.2, 0) is 10.3 Å². The number of hydrogen-bond acceptors (Lipinski definition) is 3. The largest absolute Gasteiger partial charge is 0.490 e. The average Bonchev–Trinajstić information content (AvgIpc) is 3.01. The number of hydrogen-bond donors (Lipinski definition) is 0. The summed E-state index contributed by atoms with van der Waals surface area (Å²) in [6.07, 6.45) is 0.942. The monoisotopic (exact) mass is 206 g/mol. The summed E-state index contributed by atoms with van der Waals surface area (Å²) in [7, 11) is 0. The fraction of sp³-hybridized carbons (Fsp3) is 0.500. The lowest BCUT2D eigenvalue weighted by molar-refractivity contribution is 0.296. The van der Waals surface area contributed by atoms with Gasteiger partial charge in [-0.3, -0.25) is 0 Å². The van der Waals surface area contributed by atoms with E-state index >= 15 is 0 Å². The lowest BCUT2D eigenvalue weighted by Crippen LogP contribution is -2.02. The second kappa shape index (κ2) is 3.14. The van der Waals surface area contributed by atoms with Gasteiger partial charge in [-0.2, -0.15) is 0 Å². The van der Waals surface area contributed by atoms with Crippen molar-refractivity contribution in [3.8, 4) is 11.5 Å². The van der Waals surface area contributed by atoms with Crippen LogP contribution in [0.4, 0.5) is 0 Å². The maximum Gasteiger partial charge on any atom is 0.161 e. The van der Waals surface area contributed by atoms with Crippen molar-refractivity contribution in [3.63, 3.8) is 0 Å². The average molecular weight is 206 g/mol. The molecule has 0 bridgehead atoms. The number of benzene rings is 1. The second-order valence-electron chi connectivity index (χ2n) is 4.23. The first-order chi connectivity index (χ1) is 7.28. The Labute approximate surface area is 89.0 Å². The van der Waals surface area contributed by atoms with E-state index in [1.54, 1.807) is 0 Å². The minimum absolute atomic E-state index is 0.0926. The van der Waals surface area contributed by atoms with Crippen molar-refractivity contribution in [2.45, 2.75) is 18.9 Å². The smallest absolute Gasteiger partial charge is 0.161 e. The first kappa shape index (κ1) is 9.04. The summed E-state index contributed by atoms with van der Waals surface area (Å²) in [5, 5.41) is 0. The van der Waals surface area contributed by atoms with Crippen LogP contribution in [0.15, 0.2) is 18.2 Å². The molecule has 0 aromatic heterocycles. The molecule has 1 fully saturated rings. The highest BCUT2D eigenvalue weighted by atomic mass is 16.6. The normalized spacial score (nSPS) is 28.3. The van der Waals surface area contributed by atoms with E-state index in [0.29, 0.717) is 0 Å². The van der Waals surface area contributed by atoms with Crippen LogP contribution in [0.3, 0.4) is 0 Å². The van der Waals surface area contributed by atoms with Gasteiger partial charge in [0.15, 0.2) is 11.5 Å². The highest BCUT2D eigenvalue weighted by molar-refractivity contribution is 5.45. The standard InChI is InChI=1S/C12H14O3/c1-12(8-15-12)9-3-4-10-11(7-9)14-6-2-5-13-10/h3-4,7H,2,5-6,8H2,1H3. The summed E-state index contributed by atoms with van der Waals surface area (Å²) < 4.78 is 16.6. The van der Waals surface area contributed by atoms with E-state index in [4.69, 9.17) is 14.2 Å². The maximum absolute atomic E-state index is 5.63. The first-order valence-corrected chi connectivity index (χ1v) is 5.32. The summed E-state index contributed by atoms with van der Waals surface area (Å²) in [4.78, 5) is 0. The molecule has 2 aliphatic heterocycles. The maximum atomic E-state index is 5.63. The van der Waals surface area contributed by atoms with Crippen molar-refractivity contribution in [2.75, 3.05) is 19.8 Å². The Morgan fingerprint density at radius 1 is 1.13 bits per heavy atom. The van der Waals surface area contributed by atoms with Crippen molar-refractivity contribution in [1.82, 2.24) is 0 Å². The van der Waals surface area contributed by atoms with Crippen LogP contribution >= 0.6 is 0 Å². The molecular weight excluding hydrogens is 192 g/mol. The van der Waals surface area contributed by atoms with Crippen LogP contribution in [0.5, 0.6) is 11.5 Å². The van der Waals surface area contributed by atoms with Crippen molar-refractivity contribution in [1.29, 1.82) is 0 Å². The van der Waals surface area contributed by atoms with E-state index in [2.05, 4.69) is 13.0 Å². The van der Waals surface area contributed by atoms with Crippen LogP contribution in [0.2, 0.25) is 0 Å². The molecule has 1 atom stereocenters. The predicted octanol–water partition coefficient (Wildman–Crippen LogP) is 2.09. The van der Waals surface area contributed by atoms with Gasteiger partial charge in [0.25, 0.3) is 0 Å². The quantitative estimate of drug-likeness (QED) is 0.659. The number of ether oxygens (including phenoxy) is 3. The molecule has 0 aliphatic carbocycles. The Bertz CT molecular complexity index is 382. The van der Waals surface area contributed by atoms with Gasteiger partial charge in [0.2, 0.25) is 0 Å². The van der Waals surface area contributed by atoms with Gasteiger partial charge in [-0.1, -0.05) is 6.07 Å². The van der Waals surface area contributed by atoms with E-state index in [9.17, 15) is 0 Å². The molecule has 0 N–H and O–H groups in total. The van der Waals surface area contributed by atoms with Crippen molar-refractivity contribution < 1.29 is 14.2 Å². The van der Waals surface area contributed by atoms with Gasteiger partial charge in [0.05, 0.1) is 19.8 Å². The molecule has 1 saturated heterocycles. The molecule has 2 aliphatic rings. The molecule has 3 nitrogen and oxygen atoms in total. The summed E-state index contributed by atoms with van der Waals surface area (Å²) >= 11 is 0. The third-order valence-corrected chi connectivity index (χ3v) is 2.94. The molecule has 1 unspecified atom stereocenters. The van der Waals surface area contributed by atoms with Crippen molar-refractivity contribution in [3.05, 3.63) is 23.8 Å². The highest BCUT2D eigenvalue weighted by Crippen LogP contribution is 2.41. The minimum Gasteiger partial charge on any atom is -0.490 e. The van der Waals surface area contributed by atoms with Gasteiger partial charge in [-0.05, 0) is 24.6 Å². The fourth-order valence-corrected chi connectivity index (χ4v) is 1.77. The van der Waals surface area contributed by atoms with Gasteiger partial charge in [0.1, 0.15) is 5.60 Å². The lowest BCUT2D eigenvalue weighted by Gasteiger charge is -2.11. The lowest BCUT2D eigenvalue weighted by atomic mass is 10.0. The zero-order valence-electron chi connectivity index (χ0n) is 8.79. The fourth-order valence-electron chi connectivity index (χ4n) is 1.77. The van der Waals surface area contributed by atoms with Gasteiger partial charge in [-0.25, -0.2) is 0 Å². The third kappa shape index (κ3) is 1.57. The van der Waals surface area contributed by atoms with Crippen molar-refractivity contribution >= 4 is 0 Å². The summed E-state index contributed by atoms with van der Waals surface area (Å²) in [5.74, 6) is 1.70. The molecule has 0 radical (unpaired) electrons. The van der Waals surface area contributed by atoms with E-state index < -0.39 is 0 Å². The molecule has 1 aromatic rings. The Kier molecular flexibility index (Phi) is 1.89. The number of rotatable bonds is 1. The van der Waals surface area contributed by atoms with Crippen molar-refractivity contribution in [2.24, 2.45) is 0 Å². The molecule has 15 heavy (non-hydrogen) atoms. The molecular formula is C12H14O3. The van der Waals surface area contributed by atoms with Crippen LogP contribution < -0.4 is 9.47 Å². The molecule has 1 aromatic carbocycles. The molecule has 2 heterocycles. The van der Waals surface area contributed by atoms with Gasteiger partial charge in [-0.15, -0.1) is 0 Å².